The number of benzene rings is 2. The molecule has 0 saturated heterocycles. The molecule has 0 radical (unpaired) electrons. The highest BCUT2D eigenvalue weighted by atomic mass is 35.5. The molecule has 0 saturated carbocycles. The van der Waals surface area contributed by atoms with Crippen molar-refractivity contribution in [1.82, 2.24) is 4.90 Å². The smallest absolute Gasteiger partial charge is 0.283 e. The molecule has 0 spiro atoms. The van der Waals surface area contributed by atoms with Gasteiger partial charge in [0.05, 0.1) is 20.4 Å². The number of halogens is 1. The van der Waals surface area contributed by atoms with Crippen LogP contribution in [0.3, 0.4) is 0 Å². The number of nitrogens with zero attached hydrogens (tertiary/aromatic N) is 3. The Morgan fingerprint density at radius 2 is 2.00 bits per heavy atom. The predicted octanol–water partition coefficient (Wildman–Crippen LogP) is 4.33. The van der Waals surface area contributed by atoms with Crippen LogP contribution in [0, 0.1) is 21.4 Å². The van der Waals surface area contributed by atoms with Crippen molar-refractivity contribution in [3.05, 3.63) is 62.7 Å². The lowest BCUT2D eigenvalue weighted by molar-refractivity contribution is -0.387. The van der Waals surface area contributed by atoms with Gasteiger partial charge in [-0.05, 0) is 37.9 Å². The summed E-state index contributed by atoms with van der Waals surface area (Å²) in [5, 5.41) is 20.7. The molecule has 0 heterocycles. The Bertz CT molecular complexity index is 787. The van der Waals surface area contributed by atoms with E-state index in [2.05, 4.69) is 0 Å². The first kappa shape index (κ1) is 17.3. The number of rotatable bonds is 5. The average molecular weight is 348 g/mol. The molecular formula is C16H14ClN3O2S. The summed E-state index contributed by atoms with van der Waals surface area (Å²) in [5.74, 6) is 0. The van der Waals surface area contributed by atoms with Crippen molar-refractivity contribution in [1.29, 1.82) is 5.26 Å². The lowest BCUT2D eigenvalue weighted by Gasteiger charge is -2.15. The molecule has 2 aromatic carbocycles. The van der Waals surface area contributed by atoms with Gasteiger partial charge in [-0.25, -0.2) is 0 Å². The summed E-state index contributed by atoms with van der Waals surface area (Å²) < 4.78 is 0. The summed E-state index contributed by atoms with van der Waals surface area (Å²) in [6.45, 7) is 0.619. The normalized spacial score (nSPS) is 10.6. The Hall–Kier alpha value is -2.07. The van der Waals surface area contributed by atoms with Gasteiger partial charge in [-0.2, -0.15) is 5.26 Å². The average Bonchev–Trinajstić information content (AvgIpc) is 2.49. The molecule has 0 amide bonds. The third-order valence-electron chi connectivity index (χ3n) is 3.04. The molecule has 0 N–H and O–H groups in total. The number of para-hydroxylation sites is 1. The number of nitriles is 1. The quantitative estimate of drug-likeness (QED) is 0.594. The van der Waals surface area contributed by atoms with Crippen LogP contribution in [0.25, 0.3) is 0 Å². The minimum atomic E-state index is -0.408. The second-order valence-corrected chi connectivity index (χ2v) is 6.61. The third kappa shape index (κ3) is 4.23. The van der Waals surface area contributed by atoms with Crippen LogP contribution >= 0.6 is 23.4 Å². The minimum Gasteiger partial charge on any atom is -0.305 e. The fraction of sp³-hybridized carbons (Fsp3) is 0.188. The molecule has 7 heteroatoms. The molecule has 23 heavy (non-hydrogen) atoms. The number of nitro groups is 1. The third-order valence-corrected chi connectivity index (χ3v) is 4.52. The summed E-state index contributed by atoms with van der Waals surface area (Å²) in [6.07, 6.45) is 0. The van der Waals surface area contributed by atoms with Crippen LogP contribution in [0.4, 0.5) is 5.69 Å². The fourth-order valence-electron chi connectivity index (χ4n) is 2.05. The van der Waals surface area contributed by atoms with Gasteiger partial charge in [-0.3, -0.25) is 10.1 Å². The lowest BCUT2D eigenvalue weighted by atomic mass is 10.1. The van der Waals surface area contributed by atoms with Gasteiger partial charge in [0.15, 0.2) is 0 Å². The Kier molecular flexibility index (Phi) is 5.61. The van der Waals surface area contributed by atoms with Crippen molar-refractivity contribution in [3.8, 4) is 6.07 Å². The Morgan fingerprint density at radius 1 is 1.30 bits per heavy atom. The Balaban J connectivity index is 2.50. The molecule has 0 aliphatic carbocycles. The van der Waals surface area contributed by atoms with E-state index in [1.165, 1.54) is 17.8 Å². The molecule has 2 rings (SSSR count). The van der Waals surface area contributed by atoms with Gasteiger partial charge in [0.1, 0.15) is 6.07 Å². The van der Waals surface area contributed by atoms with Crippen molar-refractivity contribution in [2.24, 2.45) is 0 Å². The molecule has 2 aromatic rings. The standard InChI is InChI=1S/C16H14ClN3O2S/c1-19(2)10-12-7-13(17)11(9-18)8-16(12)23-15-6-4-3-5-14(15)20(21)22/h3-8H,10H2,1-2H3. The number of hydrogen-bond donors (Lipinski definition) is 0. The van der Waals surface area contributed by atoms with Gasteiger partial charge in [0.25, 0.3) is 5.69 Å². The van der Waals surface area contributed by atoms with E-state index >= 15 is 0 Å². The first-order valence-electron chi connectivity index (χ1n) is 6.71. The zero-order valence-electron chi connectivity index (χ0n) is 12.6. The molecule has 0 bridgehead atoms. The highest BCUT2D eigenvalue weighted by Gasteiger charge is 2.17. The van der Waals surface area contributed by atoms with Crippen molar-refractivity contribution in [2.45, 2.75) is 16.3 Å². The molecule has 0 aromatic heterocycles. The highest BCUT2D eigenvalue weighted by Crippen LogP contribution is 2.38. The van der Waals surface area contributed by atoms with E-state index in [1.807, 2.05) is 25.1 Å². The molecule has 0 fully saturated rings. The van der Waals surface area contributed by atoms with Crippen LogP contribution in [0.2, 0.25) is 5.02 Å². The van der Waals surface area contributed by atoms with Crippen LogP contribution in [0.5, 0.6) is 0 Å². The molecule has 0 aliphatic heterocycles. The lowest BCUT2D eigenvalue weighted by Crippen LogP contribution is -2.11. The number of hydrogen-bond acceptors (Lipinski definition) is 5. The molecule has 5 nitrogen and oxygen atoms in total. The van der Waals surface area contributed by atoms with E-state index in [0.717, 1.165) is 10.5 Å². The van der Waals surface area contributed by atoms with Crippen LogP contribution in [-0.2, 0) is 6.54 Å². The van der Waals surface area contributed by atoms with E-state index in [9.17, 15) is 10.1 Å². The second kappa shape index (κ2) is 7.47. The van der Waals surface area contributed by atoms with Crippen LogP contribution in [0.1, 0.15) is 11.1 Å². The first-order valence-corrected chi connectivity index (χ1v) is 7.90. The Morgan fingerprint density at radius 3 is 2.61 bits per heavy atom. The largest absolute Gasteiger partial charge is 0.305 e. The molecule has 118 valence electrons. The van der Waals surface area contributed by atoms with Gasteiger partial charge in [-0.15, -0.1) is 0 Å². The van der Waals surface area contributed by atoms with Gasteiger partial charge in [0, 0.05) is 17.5 Å². The SMILES string of the molecule is CN(C)Cc1cc(Cl)c(C#N)cc1Sc1ccccc1[N+](=O)[O-]. The van der Waals surface area contributed by atoms with E-state index in [4.69, 9.17) is 16.9 Å². The molecule has 0 aliphatic rings. The summed E-state index contributed by atoms with van der Waals surface area (Å²) in [7, 11) is 3.84. The van der Waals surface area contributed by atoms with Crippen molar-refractivity contribution >= 4 is 29.1 Å². The van der Waals surface area contributed by atoms with E-state index in [1.54, 1.807) is 30.3 Å². The van der Waals surface area contributed by atoms with Gasteiger partial charge in [0.2, 0.25) is 0 Å². The summed E-state index contributed by atoms with van der Waals surface area (Å²) >= 11 is 7.38. The summed E-state index contributed by atoms with van der Waals surface area (Å²) in [4.78, 5) is 14.0. The van der Waals surface area contributed by atoms with Crippen molar-refractivity contribution in [2.75, 3.05) is 14.1 Å². The minimum absolute atomic E-state index is 0.0433. The highest BCUT2D eigenvalue weighted by molar-refractivity contribution is 7.99. The monoisotopic (exact) mass is 347 g/mol. The zero-order valence-corrected chi connectivity index (χ0v) is 14.2. The van der Waals surface area contributed by atoms with Gasteiger partial charge in [-0.1, -0.05) is 35.5 Å². The van der Waals surface area contributed by atoms with Crippen molar-refractivity contribution < 1.29 is 4.92 Å². The number of nitro benzene ring substituents is 1. The van der Waals surface area contributed by atoms with E-state index < -0.39 is 4.92 Å². The predicted molar refractivity (Wildman–Crippen MR) is 90.8 cm³/mol. The van der Waals surface area contributed by atoms with Crippen LogP contribution < -0.4 is 0 Å². The molecule has 0 unspecified atom stereocenters. The van der Waals surface area contributed by atoms with E-state index in [0.29, 0.717) is 22.0 Å². The molecular weight excluding hydrogens is 334 g/mol. The summed E-state index contributed by atoms with van der Waals surface area (Å²) in [6, 6.07) is 12.0. The Labute approximate surface area is 143 Å². The summed E-state index contributed by atoms with van der Waals surface area (Å²) in [5.41, 5.74) is 1.32. The topological polar surface area (TPSA) is 70.2 Å². The maximum atomic E-state index is 11.2. The zero-order chi connectivity index (χ0) is 17.0. The fourth-order valence-corrected chi connectivity index (χ4v) is 3.34. The van der Waals surface area contributed by atoms with E-state index in [-0.39, 0.29) is 5.69 Å². The van der Waals surface area contributed by atoms with Crippen LogP contribution in [-0.4, -0.2) is 23.9 Å². The molecule has 0 atom stereocenters. The van der Waals surface area contributed by atoms with Gasteiger partial charge >= 0.3 is 0 Å². The maximum absolute atomic E-state index is 11.2. The second-order valence-electron chi connectivity index (χ2n) is 5.12. The maximum Gasteiger partial charge on any atom is 0.283 e. The van der Waals surface area contributed by atoms with Crippen LogP contribution in [0.15, 0.2) is 46.2 Å². The van der Waals surface area contributed by atoms with Crippen molar-refractivity contribution in [3.63, 3.8) is 0 Å². The van der Waals surface area contributed by atoms with Gasteiger partial charge < -0.3 is 4.90 Å². The first-order chi connectivity index (χ1) is 10.9.